The van der Waals surface area contributed by atoms with Crippen molar-refractivity contribution < 1.29 is 33.1 Å². The monoisotopic (exact) mass is 511 g/mol. The number of hydrogen-bond acceptors (Lipinski definition) is 7. The number of anilines is 1. The van der Waals surface area contributed by atoms with Crippen molar-refractivity contribution in [3.63, 3.8) is 0 Å². The first kappa shape index (κ1) is 27.5. The van der Waals surface area contributed by atoms with E-state index in [1.54, 1.807) is 51.1 Å². The molecule has 0 saturated heterocycles. The van der Waals surface area contributed by atoms with Crippen LogP contribution in [0.3, 0.4) is 0 Å². The maximum atomic E-state index is 12.2. The van der Waals surface area contributed by atoms with Crippen LogP contribution in [0.1, 0.15) is 45.2 Å². The Labute approximate surface area is 207 Å². The molecule has 0 bridgehead atoms. The van der Waals surface area contributed by atoms with Gasteiger partial charge in [0.1, 0.15) is 17.1 Å². The first-order chi connectivity index (χ1) is 15.9. The summed E-state index contributed by atoms with van der Waals surface area (Å²) in [5, 5.41) is 13.3. The highest BCUT2D eigenvalue weighted by Gasteiger charge is 2.25. The van der Waals surface area contributed by atoms with Crippen molar-refractivity contribution in [1.29, 1.82) is 0 Å². The zero-order chi connectivity index (χ0) is 25.5. The number of carbonyl (C=O) groups excluding carboxylic acids is 1. The molecule has 0 aliphatic carbocycles. The number of esters is 1. The van der Waals surface area contributed by atoms with Gasteiger partial charge in [0.25, 0.3) is 0 Å². The lowest BCUT2D eigenvalue weighted by Crippen LogP contribution is -2.24. The second-order valence-corrected chi connectivity index (χ2v) is 10.3. The van der Waals surface area contributed by atoms with Gasteiger partial charge in [0.15, 0.2) is 6.04 Å². The Morgan fingerprint density at radius 2 is 1.88 bits per heavy atom. The molecule has 8 nitrogen and oxygen atoms in total. The van der Waals surface area contributed by atoms with Crippen molar-refractivity contribution in [2.75, 3.05) is 25.3 Å². The number of halogens is 1. The molecule has 2 rings (SSSR count). The fourth-order valence-electron chi connectivity index (χ4n) is 3.04. The molecule has 0 spiro atoms. The van der Waals surface area contributed by atoms with Crippen molar-refractivity contribution in [1.82, 2.24) is 0 Å². The lowest BCUT2D eigenvalue weighted by atomic mass is 10.0. The predicted octanol–water partition coefficient (Wildman–Crippen LogP) is 4.82. The van der Waals surface area contributed by atoms with Gasteiger partial charge in [-0.15, -0.1) is 0 Å². The van der Waals surface area contributed by atoms with E-state index in [4.69, 9.17) is 25.8 Å². The average molecular weight is 512 g/mol. The van der Waals surface area contributed by atoms with Gasteiger partial charge >= 0.3 is 11.9 Å². The number of methoxy groups -OCH3 is 1. The molecule has 0 saturated carbocycles. The molecule has 186 valence electrons. The highest BCUT2D eigenvalue weighted by molar-refractivity contribution is 7.84. The van der Waals surface area contributed by atoms with Crippen LogP contribution >= 0.6 is 11.6 Å². The number of nitrogens with one attached hydrogen (secondary N) is 1. The second-order valence-electron chi connectivity index (χ2n) is 8.49. The lowest BCUT2D eigenvalue weighted by molar-refractivity contribution is -0.155. The van der Waals surface area contributed by atoms with Crippen molar-refractivity contribution in [3.8, 4) is 11.5 Å². The number of ether oxygens (including phenoxy) is 3. The molecule has 0 heterocycles. The minimum Gasteiger partial charge on any atom is -0.497 e. The van der Waals surface area contributed by atoms with Crippen LogP contribution in [0.25, 0.3) is 0 Å². The number of hydrogen-bond donors (Lipinski definition) is 2. The molecular weight excluding hydrogens is 482 g/mol. The highest BCUT2D eigenvalue weighted by Crippen LogP contribution is 2.33. The van der Waals surface area contributed by atoms with Gasteiger partial charge in [0.2, 0.25) is 0 Å². The Kier molecular flexibility index (Phi) is 9.76. The first-order valence-corrected chi connectivity index (χ1v) is 12.5. The van der Waals surface area contributed by atoms with Gasteiger partial charge in [0.05, 0.1) is 13.7 Å². The van der Waals surface area contributed by atoms with Crippen LogP contribution in [-0.4, -0.2) is 46.8 Å². The van der Waals surface area contributed by atoms with Crippen LogP contribution in [0.15, 0.2) is 41.3 Å². The fourth-order valence-corrected chi connectivity index (χ4v) is 3.78. The number of carboxylic acids is 1. The van der Waals surface area contributed by atoms with E-state index in [1.807, 2.05) is 0 Å². The summed E-state index contributed by atoms with van der Waals surface area (Å²) < 4.78 is 28.3. The zero-order valence-electron chi connectivity index (χ0n) is 19.8. The van der Waals surface area contributed by atoms with E-state index >= 15 is 0 Å². The highest BCUT2D eigenvalue weighted by atomic mass is 35.5. The molecule has 0 aliphatic heterocycles. The van der Waals surface area contributed by atoms with Gasteiger partial charge in [-0.2, -0.15) is 0 Å². The molecule has 0 radical (unpaired) electrons. The predicted molar refractivity (Wildman–Crippen MR) is 131 cm³/mol. The Bertz CT molecular complexity index is 1050. The van der Waals surface area contributed by atoms with Gasteiger partial charge in [-0.3, -0.25) is 9.00 Å². The zero-order valence-corrected chi connectivity index (χ0v) is 21.4. The molecule has 2 atom stereocenters. The van der Waals surface area contributed by atoms with Crippen molar-refractivity contribution >= 4 is 40.0 Å². The van der Waals surface area contributed by atoms with E-state index in [9.17, 15) is 18.9 Å². The average Bonchev–Trinajstić information content (AvgIpc) is 2.73. The number of benzene rings is 2. The smallest absolute Gasteiger partial charge is 0.330 e. The Hall–Kier alpha value is -2.78. The number of aliphatic carboxylic acids is 1. The Morgan fingerprint density at radius 1 is 1.18 bits per heavy atom. The number of carbonyl (C=O) groups is 2. The summed E-state index contributed by atoms with van der Waals surface area (Å²) in [5.74, 6) is -0.773. The van der Waals surface area contributed by atoms with Gasteiger partial charge in [-0.05, 0) is 51.5 Å². The van der Waals surface area contributed by atoms with Gasteiger partial charge in [0, 0.05) is 50.7 Å². The standard InChI is InChI=1S/C24H30ClNO7S/c1-24(2,3)33-21(27)7-6-10-32-20-11-15(25)8-9-19(20)22(23(28)29)26-16-12-17(31-4)14-18(13-16)34(5)30/h8-9,11-14,22,26H,6-7,10H2,1-5H3,(H,28,29). The van der Waals surface area contributed by atoms with Gasteiger partial charge < -0.3 is 24.6 Å². The molecule has 0 amide bonds. The lowest BCUT2D eigenvalue weighted by Gasteiger charge is -2.21. The van der Waals surface area contributed by atoms with Crippen LogP contribution < -0.4 is 14.8 Å². The summed E-state index contributed by atoms with van der Waals surface area (Å²) in [4.78, 5) is 24.6. The topological polar surface area (TPSA) is 111 Å². The first-order valence-electron chi connectivity index (χ1n) is 10.6. The minimum atomic E-state index is -1.29. The Balaban J connectivity index is 2.22. The van der Waals surface area contributed by atoms with Crippen LogP contribution in [-0.2, 0) is 25.1 Å². The van der Waals surface area contributed by atoms with Crippen molar-refractivity contribution in [2.45, 2.75) is 50.2 Å². The maximum absolute atomic E-state index is 12.2. The van der Waals surface area contributed by atoms with Crippen molar-refractivity contribution in [2.24, 2.45) is 0 Å². The maximum Gasteiger partial charge on any atom is 0.330 e. The van der Waals surface area contributed by atoms with E-state index < -0.39 is 28.4 Å². The normalized spacial score (nSPS) is 13.0. The summed E-state index contributed by atoms with van der Waals surface area (Å²) in [6.45, 7) is 5.55. The van der Waals surface area contributed by atoms with E-state index in [0.29, 0.717) is 33.3 Å². The summed E-state index contributed by atoms with van der Waals surface area (Å²) >= 11 is 6.12. The SMILES string of the molecule is COc1cc(NC(C(=O)O)c2ccc(Cl)cc2OCCCC(=O)OC(C)(C)C)cc(S(C)=O)c1. The number of carboxylic acid groups (broad SMARTS) is 1. The molecule has 2 N–H and O–H groups in total. The van der Waals surface area contributed by atoms with Crippen LogP contribution in [0.5, 0.6) is 11.5 Å². The third-order valence-electron chi connectivity index (χ3n) is 4.50. The molecule has 2 aromatic carbocycles. The quantitative estimate of drug-likeness (QED) is 0.326. The number of rotatable bonds is 11. The van der Waals surface area contributed by atoms with Crippen LogP contribution in [0.2, 0.25) is 5.02 Å². The summed E-state index contributed by atoms with van der Waals surface area (Å²) in [6.07, 6.45) is 2.07. The molecule has 0 fully saturated rings. The minimum absolute atomic E-state index is 0.161. The molecule has 0 aromatic heterocycles. The summed E-state index contributed by atoms with van der Waals surface area (Å²) in [5.41, 5.74) is 0.196. The second kappa shape index (κ2) is 12.1. The molecule has 34 heavy (non-hydrogen) atoms. The van der Waals surface area contributed by atoms with E-state index in [0.717, 1.165) is 0 Å². The van der Waals surface area contributed by atoms with Gasteiger partial charge in [-0.25, -0.2) is 4.79 Å². The van der Waals surface area contributed by atoms with Crippen LogP contribution in [0.4, 0.5) is 5.69 Å². The third kappa shape index (κ3) is 8.53. The van der Waals surface area contributed by atoms with E-state index in [-0.39, 0.29) is 24.7 Å². The molecule has 2 unspecified atom stereocenters. The fraction of sp³-hybridized carbons (Fsp3) is 0.417. The van der Waals surface area contributed by atoms with Gasteiger partial charge in [-0.1, -0.05) is 17.7 Å². The van der Waals surface area contributed by atoms with E-state index in [1.165, 1.54) is 19.4 Å². The van der Waals surface area contributed by atoms with Crippen molar-refractivity contribution in [3.05, 3.63) is 47.0 Å². The van der Waals surface area contributed by atoms with E-state index in [2.05, 4.69) is 5.32 Å². The third-order valence-corrected chi connectivity index (χ3v) is 5.63. The molecule has 10 heteroatoms. The molecule has 0 aliphatic rings. The molecular formula is C24H30ClNO7S. The summed E-state index contributed by atoms with van der Waals surface area (Å²) in [7, 11) is 0.179. The van der Waals surface area contributed by atoms with Crippen LogP contribution in [0, 0.1) is 0 Å². The Morgan fingerprint density at radius 3 is 2.47 bits per heavy atom. The largest absolute Gasteiger partial charge is 0.497 e. The molecule has 2 aromatic rings. The summed E-state index contributed by atoms with van der Waals surface area (Å²) in [6, 6.07) is 8.31.